The summed E-state index contributed by atoms with van der Waals surface area (Å²) in [5, 5.41) is 3.56. The third-order valence-electron chi connectivity index (χ3n) is 3.23. The Morgan fingerprint density at radius 3 is 2.47 bits per heavy atom. The summed E-state index contributed by atoms with van der Waals surface area (Å²) < 4.78 is 12.8. The number of benzene rings is 1. The summed E-state index contributed by atoms with van der Waals surface area (Å²) in [5.74, 6) is 1.65. The van der Waals surface area contributed by atoms with Gasteiger partial charge >= 0.3 is 0 Å². The molecule has 0 aliphatic heterocycles. The molecular weight excluding hydrogens is 257 g/mol. The van der Waals surface area contributed by atoms with Crippen molar-refractivity contribution in [3.8, 4) is 0 Å². The van der Waals surface area contributed by atoms with Crippen molar-refractivity contribution in [2.24, 2.45) is 5.92 Å². The van der Waals surface area contributed by atoms with Gasteiger partial charge in [-0.15, -0.1) is 11.8 Å². The summed E-state index contributed by atoms with van der Waals surface area (Å²) in [7, 11) is 0. The van der Waals surface area contributed by atoms with Crippen LogP contribution in [-0.2, 0) is 0 Å². The molecule has 1 aromatic carbocycles. The summed E-state index contributed by atoms with van der Waals surface area (Å²) in [6, 6.07) is 7.33. The van der Waals surface area contributed by atoms with Crippen LogP contribution in [0.4, 0.5) is 4.39 Å². The van der Waals surface area contributed by atoms with Gasteiger partial charge in [0.2, 0.25) is 0 Å². The van der Waals surface area contributed by atoms with Crippen LogP contribution < -0.4 is 5.32 Å². The van der Waals surface area contributed by atoms with E-state index in [1.807, 2.05) is 23.9 Å². The lowest BCUT2D eigenvalue weighted by Gasteiger charge is -2.21. The molecule has 0 saturated heterocycles. The first-order chi connectivity index (χ1) is 9.15. The molecule has 0 heterocycles. The van der Waals surface area contributed by atoms with Crippen LogP contribution in [0, 0.1) is 11.7 Å². The second kappa shape index (κ2) is 9.38. The summed E-state index contributed by atoms with van der Waals surface area (Å²) in [5.41, 5.74) is 0. The Hall–Kier alpha value is -0.540. The van der Waals surface area contributed by atoms with Crippen LogP contribution in [0.5, 0.6) is 0 Å². The zero-order chi connectivity index (χ0) is 14.1. The van der Waals surface area contributed by atoms with Gasteiger partial charge in [0.05, 0.1) is 0 Å². The lowest BCUT2D eigenvalue weighted by atomic mass is 9.98. The van der Waals surface area contributed by atoms with Crippen molar-refractivity contribution in [3.63, 3.8) is 0 Å². The summed E-state index contributed by atoms with van der Waals surface area (Å²) in [6.07, 6.45) is 3.77. The van der Waals surface area contributed by atoms with Crippen molar-refractivity contribution in [2.75, 3.05) is 12.3 Å². The van der Waals surface area contributed by atoms with Crippen LogP contribution in [-0.4, -0.2) is 18.3 Å². The number of rotatable bonds is 9. The fourth-order valence-electron chi connectivity index (χ4n) is 2.32. The first kappa shape index (κ1) is 16.5. The Morgan fingerprint density at radius 2 is 1.89 bits per heavy atom. The first-order valence-electron chi connectivity index (χ1n) is 7.27. The lowest BCUT2D eigenvalue weighted by molar-refractivity contribution is 0.409. The van der Waals surface area contributed by atoms with E-state index < -0.39 is 0 Å². The average Bonchev–Trinajstić information content (AvgIpc) is 2.38. The van der Waals surface area contributed by atoms with Crippen molar-refractivity contribution in [1.82, 2.24) is 5.32 Å². The third-order valence-corrected chi connectivity index (χ3v) is 4.40. The van der Waals surface area contributed by atoms with E-state index in [0.717, 1.165) is 23.1 Å². The van der Waals surface area contributed by atoms with E-state index in [9.17, 15) is 4.39 Å². The number of hydrogen-bond acceptors (Lipinski definition) is 2. The van der Waals surface area contributed by atoms with Gasteiger partial charge in [0, 0.05) is 16.7 Å². The van der Waals surface area contributed by atoms with Crippen LogP contribution in [0.25, 0.3) is 0 Å². The Labute approximate surface area is 121 Å². The Morgan fingerprint density at radius 1 is 1.21 bits per heavy atom. The minimum Gasteiger partial charge on any atom is -0.313 e. The molecular formula is C16H26FNS. The summed E-state index contributed by atoms with van der Waals surface area (Å²) in [4.78, 5) is 1.15. The maximum absolute atomic E-state index is 12.8. The highest BCUT2D eigenvalue weighted by atomic mass is 32.2. The van der Waals surface area contributed by atoms with Crippen molar-refractivity contribution in [2.45, 2.75) is 51.0 Å². The smallest absolute Gasteiger partial charge is 0.123 e. The molecule has 0 bridgehead atoms. The van der Waals surface area contributed by atoms with Gasteiger partial charge in [-0.3, -0.25) is 0 Å². The third kappa shape index (κ3) is 6.98. The fourth-order valence-corrected chi connectivity index (χ4v) is 3.30. The molecule has 108 valence electrons. The second-order valence-corrected chi connectivity index (χ2v) is 6.24. The molecule has 0 fully saturated rings. The lowest BCUT2D eigenvalue weighted by Crippen LogP contribution is -2.32. The molecule has 0 aliphatic carbocycles. The summed E-state index contributed by atoms with van der Waals surface area (Å²) >= 11 is 1.81. The predicted octanol–water partition coefficient (Wildman–Crippen LogP) is 4.72. The molecule has 0 aliphatic rings. The minimum atomic E-state index is -0.163. The number of halogens is 1. The maximum Gasteiger partial charge on any atom is 0.123 e. The monoisotopic (exact) mass is 283 g/mol. The standard InChI is InChI=1S/C16H26FNS/c1-4-6-13(3)11-15(18-5-2)12-19-16-9-7-14(17)8-10-16/h7-10,13,15,18H,4-6,11-12H2,1-3H3. The predicted molar refractivity (Wildman–Crippen MR) is 83.3 cm³/mol. The van der Waals surface area contributed by atoms with Gasteiger partial charge in [0.25, 0.3) is 0 Å². The number of hydrogen-bond donors (Lipinski definition) is 1. The molecule has 0 amide bonds. The van der Waals surface area contributed by atoms with E-state index in [-0.39, 0.29) is 5.82 Å². The normalized spacial score (nSPS) is 14.3. The van der Waals surface area contributed by atoms with Gasteiger partial charge in [-0.1, -0.05) is 33.6 Å². The molecule has 0 aromatic heterocycles. The zero-order valence-corrected chi connectivity index (χ0v) is 13.1. The molecule has 3 heteroatoms. The van der Waals surface area contributed by atoms with Crippen molar-refractivity contribution in [1.29, 1.82) is 0 Å². The van der Waals surface area contributed by atoms with E-state index in [0.29, 0.717) is 6.04 Å². The highest BCUT2D eigenvalue weighted by molar-refractivity contribution is 7.99. The quantitative estimate of drug-likeness (QED) is 0.658. The molecule has 1 aromatic rings. The molecule has 0 spiro atoms. The highest BCUT2D eigenvalue weighted by Crippen LogP contribution is 2.22. The second-order valence-electron chi connectivity index (χ2n) is 5.15. The van der Waals surface area contributed by atoms with Crippen LogP contribution >= 0.6 is 11.8 Å². The van der Waals surface area contributed by atoms with Gasteiger partial charge in [-0.05, 0) is 43.1 Å². The molecule has 19 heavy (non-hydrogen) atoms. The highest BCUT2D eigenvalue weighted by Gasteiger charge is 2.12. The maximum atomic E-state index is 12.8. The van der Waals surface area contributed by atoms with Gasteiger partial charge in [-0.2, -0.15) is 0 Å². The van der Waals surface area contributed by atoms with E-state index in [1.165, 1.54) is 31.4 Å². The van der Waals surface area contributed by atoms with E-state index in [1.54, 1.807) is 0 Å². The minimum absolute atomic E-state index is 0.163. The number of nitrogens with one attached hydrogen (secondary N) is 1. The SMILES string of the molecule is CCCC(C)CC(CSc1ccc(F)cc1)NCC. The van der Waals surface area contributed by atoms with Gasteiger partial charge < -0.3 is 5.32 Å². The van der Waals surface area contributed by atoms with Crippen LogP contribution in [0.15, 0.2) is 29.2 Å². The molecule has 1 nitrogen and oxygen atoms in total. The molecule has 0 radical (unpaired) electrons. The van der Waals surface area contributed by atoms with E-state index >= 15 is 0 Å². The zero-order valence-electron chi connectivity index (χ0n) is 12.3. The van der Waals surface area contributed by atoms with Gasteiger partial charge in [0.1, 0.15) is 5.82 Å². The average molecular weight is 283 g/mol. The van der Waals surface area contributed by atoms with Gasteiger partial charge in [-0.25, -0.2) is 4.39 Å². The van der Waals surface area contributed by atoms with E-state index in [2.05, 4.69) is 26.1 Å². The summed E-state index contributed by atoms with van der Waals surface area (Å²) in [6.45, 7) is 7.73. The van der Waals surface area contributed by atoms with Crippen LogP contribution in [0.2, 0.25) is 0 Å². The number of thioether (sulfide) groups is 1. The fraction of sp³-hybridized carbons (Fsp3) is 0.625. The van der Waals surface area contributed by atoms with Crippen molar-refractivity contribution >= 4 is 11.8 Å². The largest absolute Gasteiger partial charge is 0.313 e. The molecule has 1 N–H and O–H groups in total. The first-order valence-corrected chi connectivity index (χ1v) is 8.26. The van der Waals surface area contributed by atoms with Crippen LogP contribution in [0.1, 0.15) is 40.0 Å². The Bertz CT molecular complexity index is 339. The molecule has 2 atom stereocenters. The molecule has 2 unspecified atom stereocenters. The Balaban J connectivity index is 2.42. The molecule has 1 rings (SSSR count). The molecule has 0 saturated carbocycles. The van der Waals surface area contributed by atoms with Crippen molar-refractivity contribution in [3.05, 3.63) is 30.1 Å². The van der Waals surface area contributed by atoms with E-state index in [4.69, 9.17) is 0 Å². The topological polar surface area (TPSA) is 12.0 Å². The van der Waals surface area contributed by atoms with Gasteiger partial charge in [0.15, 0.2) is 0 Å². The Kier molecular flexibility index (Phi) is 8.15. The van der Waals surface area contributed by atoms with Crippen LogP contribution in [0.3, 0.4) is 0 Å². The van der Waals surface area contributed by atoms with Crippen molar-refractivity contribution < 1.29 is 4.39 Å².